The van der Waals surface area contributed by atoms with Crippen LogP contribution in [0.25, 0.3) is 10.9 Å². The number of hydrazine groups is 1. The number of carbonyl (C=O) groups excluding carboxylic acids is 1. The maximum absolute atomic E-state index is 12.5. The van der Waals surface area contributed by atoms with E-state index in [1.165, 1.54) is 16.6 Å². The van der Waals surface area contributed by atoms with Crippen LogP contribution < -0.4 is 20.9 Å². The van der Waals surface area contributed by atoms with E-state index in [1.54, 1.807) is 6.92 Å². The number of aromatic nitrogens is 1. The Morgan fingerprint density at radius 1 is 1.18 bits per heavy atom. The molecule has 1 aliphatic rings. The van der Waals surface area contributed by atoms with Crippen molar-refractivity contribution in [2.75, 3.05) is 0 Å². The van der Waals surface area contributed by atoms with Gasteiger partial charge in [0.15, 0.2) is 6.10 Å². The molecule has 2 heterocycles. The molecule has 3 aromatic rings. The van der Waals surface area contributed by atoms with E-state index in [0.29, 0.717) is 5.75 Å². The molecule has 3 N–H and O–H groups in total. The topological polar surface area (TPSA) is 67.3 Å². The second-order valence-corrected chi connectivity index (χ2v) is 7.08. The number of hydrogen-bond donors (Lipinski definition) is 3. The van der Waals surface area contributed by atoms with Gasteiger partial charge in [-0.15, -0.1) is 0 Å². The number of amides is 1. The Labute approximate surface area is 164 Å². The molecule has 4 rings (SSSR count). The number of nitrogens with one attached hydrogen (secondary N) is 3. The van der Waals surface area contributed by atoms with Crippen molar-refractivity contribution in [3.63, 3.8) is 0 Å². The van der Waals surface area contributed by atoms with Crippen LogP contribution in [-0.4, -0.2) is 22.7 Å². The van der Waals surface area contributed by atoms with Gasteiger partial charge in [-0.05, 0) is 43.5 Å². The second-order valence-electron chi connectivity index (χ2n) is 7.08. The lowest BCUT2D eigenvalue weighted by Gasteiger charge is -2.18. The monoisotopic (exact) mass is 378 g/mol. The van der Waals surface area contributed by atoms with Crippen molar-refractivity contribution in [2.24, 2.45) is 0 Å². The Morgan fingerprint density at radius 3 is 2.71 bits per heavy atom. The van der Waals surface area contributed by atoms with E-state index < -0.39 is 6.10 Å². The van der Waals surface area contributed by atoms with Gasteiger partial charge in [0.25, 0.3) is 5.91 Å². The van der Waals surface area contributed by atoms with E-state index in [2.05, 4.69) is 58.0 Å². The average molecular weight is 378 g/mol. The molecule has 0 saturated carbocycles. The number of nitrogens with zero attached hydrogens (tertiary/aromatic N) is 1. The van der Waals surface area contributed by atoms with E-state index in [4.69, 9.17) is 4.74 Å². The summed E-state index contributed by atoms with van der Waals surface area (Å²) in [7, 11) is 0. The molecule has 0 aliphatic carbocycles. The standard InChI is InChI=1S/C22H26N4O2/c1-3-26-19-12-8-7-9-16(19)13-20(26)18-14-21(25-24-18)23-22(27)15(2)28-17-10-5-4-6-11-17/h4-13,15,18,21,24-25H,3,14H2,1-2H3,(H,23,27). The fourth-order valence-electron chi connectivity index (χ4n) is 3.76. The molecule has 3 unspecified atom stereocenters. The van der Waals surface area contributed by atoms with Crippen molar-refractivity contribution < 1.29 is 9.53 Å². The lowest BCUT2D eigenvalue weighted by molar-refractivity contribution is -0.128. The van der Waals surface area contributed by atoms with Gasteiger partial charge in [0, 0.05) is 24.2 Å². The van der Waals surface area contributed by atoms with Gasteiger partial charge in [-0.2, -0.15) is 0 Å². The Kier molecular flexibility index (Phi) is 5.32. The molecule has 1 aliphatic heterocycles. The molecule has 6 nitrogen and oxygen atoms in total. The van der Waals surface area contributed by atoms with Crippen LogP contribution in [0.5, 0.6) is 5.75 Å². The molecule has 1 fully saturated rings. The van der Waals surface area contributed by atoms with Gasteiger partial charge in [0.05, 0.1) is 12.2 Å². The van der Waals surface area contributed by atoms with Crippen LogP contribution in [0.2, 0.25) is 0 Å². The second kappa shape index (κ2) is 8.04. The zero-order valence-electron chi connectivity index (χ0n) is 16.2. The van der Waals surface area contributed by atoms with Crippen LogP contribution in [0.1, 0.15) is 32.0 Å². The summed E-state index contributed by atoms with van der Waals surface area (Å²) in [6.07, 6.45) is 0.0492. The van der Waals surface area contributed by atoms with Crippen LogP contribution in [0.4, 0.5) is 0 Å². The van der Waals surface area contributed by atoms with Crippen molar-refractivity contribution >= 4 is 16.8 Å². The largest absolute Gasteiger partial charge is 0.481 e. The molecule has 1 saturated heterocycles. The van der Waals surface area contributed by atoms with E-state index in [1.807, 2.05) is 30.3 Å². The maximum atomic E-state index is 12.5. The summed E-state index contributed by atoms with van der Waals surface area (Å²) >= 11 is 0. The smallest absolute Gasteiger partial charge is 0.262 e. The molecule has 1 aromatic heterocycles. The first-order valence-corrected chi connectivity index (χ1v) is 9.77. The number of hydrogen-bond acceptors (Lipinski definition) is 4. The van der Waals surface area contributed by atoms with Crippen LogP contribution in [-0.2, 0) is 11.3 Å². The van der Waals surface area contributed by atoms with Crippen molar-refractivity contribution in [2.45, 2.75) is 45.1 Å². The number of fused-ring (bicyclic) bond motifs is 1. The Bertz CT molecular complexity index is 954. The predicted molar refractivity (Wildman–Crippen MR) is 110 cm³/mol. The number of carbonyl (C=O) groups is 1. The lowest BCUT2D eigenvalue weighted by atomic mass is 10.1. The molecule has 146 valence electrons. The minimum Gasteiger partial charge on any atom is -0.481 e. The van der Waals surface area contributed by atoms with Crippen LogP contribution >= 0.6 is 0 Å². The third kappa shape index (κ3) is 3.74. The zero-order chi connectivity index (χ0) is 19.5. The summed E-state index contributed by atoms with van der Waals surface area (Å²) in [6.45, 7) is 4.82. The van der Waals surface area contributed by atoms with Gasteiger partial charge < -0.3 is 14.6 Å². The van der Waals surface area contributed by atoms with E-state index in [9.17, 15) is 4.79 Å². The van der Waals surface area contributed by atoms with Gasteiger partial charge >= 0.3 is 0 Å². The Hall–Kier alpha value is -2.83. The third-order valence-electron chi connectivity index (χ3n) is 5.16. The minimum atomic E-state index is -0.564. The molecule has 0 radical (unpaired) electrons. The highest BCUT2D eigenvalue weighted by Crippen LogP contribution is 2.28. The molecule has 2 aromatic carbocycles. The Balaban J connectivity index is 1.40. The average Bonchev–Trinajstić information content (AvgIpc) is 3.32. The highest BCUT2D eigenvalue weighted by atomic mass is 16.5. The van der Waals surface area contributed by atoms with Gasteiger partial charge in [-0.1, -0.05) is 36.4 Å². The van der Waals surface area contributed by atoms with E-state index in [-0.39, 0.29) is 18.1 Å². The number of aryl methyl sites for hydroxylation is 1. The quantitative estimate of drug-likeness (QED) is 0.617. The van der Waals surface area contributed by atoms with Crippen LogP contribution in [0.3, 0.4) is 0 Å². The lowest BCUT2D eigenvalue weighted by Crippen LogP contribution is -2.48. The molecule has 1 amide bonds. The fraction of sp³-hybridized carbons (Fsp3) is 0.318. The number of para-hydroxylation sites is 2. The molecule has 0 spiro atoms. The maximum Gasteiger partial charge on any atom is 0.262 e. The first-order valence-electron chi connectivity index (χ1n) is 9.77. The summed E-state index contributed by atoms with van der Waals surface area (Å²) < 4.78 is 8.03. The highest BCUT2D eigenvalue weighted by molar-refractivity contribution is 5.82. The van der Waals surface area contributed by atoms with Crippen molar-refractivity contribution in [1.82, 2.24) is 20.7 Å². The summed E-state index contributed by atoms with van der Waals surface area (Å²) in [5.41, 5.74) is 8.98. The van der Waals surface area contributed by atoms with Crippen molar-refractivity contribution in [3.05, 3.63) is 66.4 Å². The molecule has 0 bridgehead atoms. The molecule has 6 heteroatoms. The Morgan fingerprint density at radius 2 is 1.93 bits per heavy atom. The van der Waals surface area contributed by atoms with Crippen LogP contribution in [0.15, 0.2) is 60.7 Å². The fourth-order valence-corrected chi connectivity index (χ4v) is 3.76. The summed E-state index contributed by atoms with van der Waals surface area (Å²) in [6, 6.07) is 20.1. The van der Waals surface area contributed by atoms with Crippen molar-refractivity contribution in [1.29, 1.82) is 0 Å². The summed E-state index contributed by atoms with van der Waals surface area (Å²) in [5.74, 6) is 0.549. The van der Waals surface area contributed by atoms with E-state index in [0.717, 1.165) is 13.0 Å². The molecule has 3 atom stereocenters. The SMILES string of the molecule is CCn1c(C2CC(NC(=O)C(C)Oc3ccccc3)NN2)cc2ccccc21. The number of ether oxygens (including phenoxy) is 1. The van der Waals surface area contributed by atoms with Gasteiger partial charge in [-0.25, -0.2) is 10.9 Å². The summed E-state index contributed by atoms with van der Waals surface area (Å²) in [5, 5.41) is 4.26. The van der Waals surface area contributed by atoms with Gasteiger partial charge in [0.1, 0.15) is 5.75 Å². The highest BCUT2D eigenvalue weighted by Gasteiger charge is 2.30. The molecular formula is C22H26N4O2. The van der Waals surface area contributed by atoms with Gasteiger partial charge in [-0.3, -0.25) is 4.79 Å². The van der Waals surface area contributed by atoms with Gasteiger partial charge in [0.2, 0.25) is 0 Å². The first kappa shape index (κ1) is 18.5. The normalized spacial score (nSPS) is 20.2. The minimum absolute atomic E-state index is 0.128. The number of benzene rings is 2. The van der Waals surface area contributed by atoms with Crippen molar-refractivity contribution in [3.8, 4) is 5.75 Å². The van der Waals surface area contributed by atoms with Crippen LogP contribution in [0, 0.1) is 0 Å². The van der Waals surface area contributed by atoms with E-state index >= 15 is 0 Å². The summed E-state index contributed by atoms with van der Waals surface area (Å²) in [4.78, 5) is 12.5. The third-order valence-corrected chi connectivity index (χ3v) is 5.16. The zero-order valence-corrected chi connectivity index (χ0v) is 16.2. The predicted octanol–water partition coefficient (Wildman–Crippen LogP) is 3.11. The molecule has 28 heavy (non-hydrogen) atoms. The number of rotatable bonds is 6. The first-order chi connectivity index (χ1) is 13.7. The molecular weight excluding hydrogens is 352 g/mol.